The molecule has 0 aromatic heterocycles. The third kappa shape index (κ3) is 5.74. The van der Waals surface area contributed by atoms with E-state index in [-0.39, 0.29) is 24.6 Å². The second kappa shape index (κ2) is 11.8. The van der Waals surface area contributed by atoms with Gasteiger partial charge in [0.2, 0.25) is 5.91 Å². The van der Waals surface area contributed by atoms with Gasteiger partial charge in [-0.2, -0.15) is 0 Å². The molecule has 0 saturated carbocycles. The number of allylic oxidation sites excluding steroid dienone is 2. The van der Waals surface area contributed by atoms with Crippen molar-refractivity contribution in [3.8, 4) is 0 Å². The highest BCUT2D eigenvalue weighted by Gasteiger charge is 2.45. The highest BCUT2D eigenvalue weighted by molar-refractivity contribution is 6.30. The van der Waals surface area contributed by atoms with E-state index >= 15 is 0 Å². The zero-order valence-corrected chi connectivity index (χ0v) is 23.9. The van der Waals surface area contributed by atoms with Gasteiger partial charge in [0.25, 0.3) is 0 Å². The summed E-state index contributed by atoms with van der Waals surface area (Å²) in [7, 11) is 1.63. The monoisotopic (exact) mass is 580 g/mol. The molecule has 8 nitrogen and oxygen atoms in total. The van der Waals surface area contributed by atoms with Crippen LogP contribution in [0.3, 0.4) is 0 Å². The number of carbonyl (C=O) groups is 2. The van der Waals surface area contributed by atoms with Crippen molar-refractivity contribution in [1.82, 2.24) is 15.1 Å². The number of halogens is 2. The van der Waals surface area contributed by atoms with Crippen LogP contribution in [0.5, 0.6) is 0 Å². The van der Waals surface area contributed by atoms with Crippen molar-refractivity contribution in [2.24, 2.45) is 4.99 Å². The van der Waals surface area contributed by atoms with Gasteiger partial charge in [0.1, 0.15) is 24.2 Å². The normalized spacial score (nSPS) is 20.9. The standard InChI is InChI=1S/C30H30Cl2N4O4/c1-18(2)40-25-16-23(39-3)11-12-24(25)29-34-27(20-5-4-6-22(32)15-20)28(19-7-9-21(31)10-8-19)36(29)30(38)35-14-13-33-26(37)17-35/h4-10,13-16,18,27-28H,11-12,17H2,1-3H3,(H,33,37). The molecule has 2 aromatic rings. The number of hydrogen-bond acceptors (Lipinski definition) is 5. The van der Waals surface area contributed by atoms with E-state index in [0.29, 0.717) is 34.5 Å². The lowest BCUT2D eigenvalue weighted by Gasteiger charge is -2.34. The lowest BCUT2D eigenvalue weighted by atomic mass is 9.93. The molecular weight excluding hydrogens is 551 g/mol. The Morgan fingerprint density at radius 3 is 2.52 bits per heavy atom. The third-order valence-corrected chi connectivity index (χ3v) is 7.33. The van der Waals surface area contributed by atoms with Gasteiger partial charge in [-0.25, -0.2) is 4.79 Å². The van der Waals surface area contributed by atoms with Crippen LogP contribution in [0.2, 0.25) is 10.0 Å². The van der Waals surface area contributed by atoms with Crippen molar-refractivity contribution in [3.63, 3.8) is 0 Å². The molecule has 3 aliphatic rings. The van der Waals surface area contributed by atoms with Gasteiger partial charge in [0.05, 0.1) is 25.0 Å². The zero-order chi connectivity index (χ0) is 28.4. The minimum Gasteiger partial charge on any atom is -0.501 e. The summed E-state index contributed by atoms with van der Waals surface area (Å²) < 4.78 is 11.8. The molecule has 1 aliphatic carbocycles. The Labute approximate surface area is 243 Å². The number of amidine groups is 1. The summed E-state index contributed by atoms with van der Waals surface area (Å²) in [4.78, 5) is 34.8. The lowest BCUT2D eigenvalue weighted by Crippen LogP contribution is -2.49. The summed E-state index contributed by atoms with van der Waals surface area (Å²) in [6.07, 6.45) is 5.95. The number of methoxy groups -OCH3 is 1. The number of nitrogens with zero attached hydrogens (tertiary/aromatic N) is 3. The van der Waals surface area contributed by atoms with Crippen molar-refractivity contribution in [2.45, 2.75) is 44.9 Å². The zero-order valence-electron chi connectivity index (χ0n) is 22.4. The third-order valence-electron chi connectivity index (χ3n) is 6.84. The van der Waals surface area contributed by atoms with Gasteiger partial charge in [-0.1, -0.05) is 47.5 Å². The topological polar surface area (TPSA) is 83.5 Å². The molecular formula is C30H30Cl2N4O4. The highest BCUT2D eigenvalue weighted by atomic mass is 35.5. The molecule has 1 N–H and O–H groups in total. The summed E-state index contributed by atoms with van der Waals surface area (Å²) in [6, 6.07) is 13.5. The van der Waals surface area contributed by atoms with Gasteiger partial charge in [0, 0.05) is 40.5 Å². The smallest absolute Gasteiger partial charge is 0.330 e. The van der Waals surface area contributed by atoms with E-state index in [1.807, 2.05) is 50.3 Å². The van der Waals surface area contributed by atoms with Gasteiger partial charge in [-0.3, -0.25) is 19.6 Å². The molecule has 5 rings (SSSR count). The van der Waals surface area contributed by atoms with Gasteiger partial charge in [-0.15, -0.1) is 0 Å². The molecule has 0 fully saturated rings. The second-order valence-electron chi connectivity index (χ2n) is 9.94. The molecule has 2 aromatic carbocycles. The molecule has 208 valence electrons. The number of ether oxygens (including phenoxy) is 2. The van der Waals surface area contributed by atoms with E-state index in [1.165, 1.54) is 11.1 Å². The Kier molecular flexibility index (Phi) is 8.19. The number of carbonyl (C=O) groups excluding carboxylic acids is 2. The number of benzene rings is 2. The minimum atomic E-state index is -0.544. The van der Waals surface area contributed by atoms with Crippen LogP contribution < -0.4 is 5.32 Å². The fourth-order valence-electron chi connectivity index (χ4n) is 5.07. The van der Waals surface area contributed by atoms with Gasteiger partial charge in [0.15, 0.2) is 0 Å². The Morgan fingerprint density at radius 1 is 1.07 bits per heavy atom. The molecule has 2 atom stereocenters. The van der Waals surface area contributed by atoms with Crippen molar-refractivity contribution >= 4 is 41.0 Å². The van der Waals surface area contributed by atoms with Crippen LogP contribution in [0.4, 0.5) is 4.79 Å². The van der Waals surface area contributed by atoms with Crippen LogP contribution in [0.25, 0.3) is 0 Å². The fourth-order valence-corrected chi connectivity index (χ4v) is 5.40. The van der Waals surface area contributed by atoms with Crippen molar-refractivity contribution in [3.05, 3.63) is 105 Å². The predicted molar refractivity (Wildman–Crippen MR) is 155 cm³/mol. The number of hydrogen-bond donors (Lipinski definition) is 1. The average molecular weight is 582 g/mol. The molecule has 0 bridgehead atoms. The molecule has 2 unspecified atom stereocenters. The van der Waals surface area contributed by atoms with Crippen LogP contribution in [-0.4, -0.2) is 47.3 Å². The van der Waals surface area contributed by atoms with Gasteiger partial charge >= 0.3 is 6.03 Å². The SMILES string of the molecule is COC1=CC(OC(C)C)=C(C2=NC(c3cccc(Cl)c3)C(c3ccc(Cl)cc3)N2C(=O)N2C=CNC(=O)C2)CC1. The summed E-state index contributed by atoms with van der Waals surface area (Å²) in [5, 5.41) is 3.77. The molecule has 0 radical (unpaired) electrons. The predicted octanol–water partition coefficient (Wildman–Crippen LogP) is 6.52. The van der Waals surface area contributed by atoms with Crippen molar-refractivity contribution < 1.29 is 19.1 Å². The first-order chi connectivity index (χ1) is 19.2. The van der Waals surface area contributed by atoms with Crippen LogP contribution in [-0.2, 0) is 14.3 Å². The van der Waals surface area contributed by atoms with E-state index in [4.69, 9.17) is 37.7 Å². The maximum absolute atomic E-state index is 14.3. The van der Waals surface area contributed by atoms with Crippen molar-refractivity contribution in [1.29, 1.82) is 0 Å². The Morgan fingerprint density at radius 2 is 1.85 bits per heavy atom. The first kappa shape index (κ1) is 27.8. The number of urea groups is 1. The van der Waals surface area contributed by atoms with Gasteiger partial charge in [-0.05, 0) is 55.7 Å². The van der Waals surface area contributed by atoms with E-state index in [9.17, 15) is 9.59 Å². The summed E-state index contributed by atoms with van der Waals surface area (Å²) >= 11 is 12.7. The van der Waals surface area contributed by atoms with Crippen LogP contribution in [0.1, 0.15) is 49.9 Å². The van der Waals surface area contributed by atoms with Crippen LogP contribution >= 0.6 is 23.2 Å². The Balaban J connectivity index is 1.72. The van der Waals surface area contributed by atoms with Gasteiger partial charge < -0.3 is 14.8 Å². The number of amides is 3. The summed E-state index contributed by atoms with van der Waals surface area (Å²) in [6.45, 7) is 3.78. The first-order valence-electron chi connectivity index (χ1n) is 13.0. The van der Waals surface area contributed by atoms with E-state index in [0.717, 1.165) is 22.5 Å². The van der Waals surface area contributed by atoms with Crippen LogP contribution in [0.15, 0.2) is 89.1 Å². The minimum absolute atomic E-state index is 0.115. The number of aliphatic imine (C=N–C) groups is 1. The molecule has 2 heterocycles. The number of rotatable bonds is 6. The number of nitrogens with one attached hydrogen (secondary N) is 1. The molecule has 10 heteroatoms. The lowest BCUT2D eigenvalue weighted by molar-refractivity contribution is -0.120. The summed E-state index contributed by atoms with van der Waals surface area (Å²) in [5.41, 5.74) is 2.47. The average Bonchev–Trinajstić information content (AvgIpc) is 3.33. The van der Waals surface area contributed by atoms with E-state index < -0.39 is 12.1 Å². The molecule has 3 amide bonds. The summed E-state index contributed by atoms with van der Waals surface area (Å²) in [5.74, 6) is 1.59. The molecule has 0 saturated heterocycles. The maximum atomic E-state index is 14.3. The fraction of sp³-hybridized carbons (Fsp3) is 0.300. The van der Waals surface area contributed by atoms with Crippen molar-refractivity contribution in [2.75, 3.05) is 13.7 Å². The Bertz CT molecular complexity index is 1430. The molecule has 40 heavy (non-hydrogen) atoms. The van der Waals surface area contributed by atoms with E-state index in [1.54, 1.807) is 36.4 Å². The van der Waals surface area contributed by atoms with Crippen LogP contribution in [0, 0.1) is 0 Å². The van der Waals surface area contributed by atoms with E-state index in [2.05, 4.69) is 5.32 Å². The molecule has 0 spiro atoms. The second-order valence-corrected chi connectivity index (χ2v) is 10.8. The molecule has 2 aliphatic heterocycles. The Hall–Kier alpha value is -3.75. The highest BCUT2D eigenvalue weighted by Crippen LogP contribution is 2.46. The maximum Gasteiger partial charge on any atom is 0.330 e. The first-order valence-corrected chi connectivity index (χ1v) is 13.8. The largest absolute Gasteiger partial charge is 0.501 e. The quantitative estimate of drug-likeness (QED) is 0.421.